The second-order valence-electron chi connectivity index (χ2n) is 7.21. The van der Waals surface area contributed by atoms with Crippen LogP contribution in [0.5, 0.6) is 0 Å². The number of anilines is 2. The molecule has 2 saturated heterocycles. The summed E-state index contributed by atoms with van der Waals surface area (Å²) in [7, 11) is 0. The van der Waals surface area contributed by atoms with Crippen LogP contribution in [0.2, 0.25) is 0 Å². The molecular weight excluding hydrogens is 374 g/mol. The summed E-state index contributed by atoms with van der Waals surface area (Å²) in [5.74, 6) is -1.37. The van der Waals surface area contributed by atoms with Crippen molar-refractivity contribution in [3.63, 3.8) is 0 Å². The molecule has 2 amide bonds. The van der Waals surface area contributed by atoms with Gasteiger partial charge in [0.1, 0.15) is 0 Å². The van der Waals surface area contributed by atoms with Crippen LogP contribution in [0.25, 0.3) is 0 Å². The summed E-state index contributed by atoms with van der Waals surface area (Å²) in [5, 5.41) is 12.6. The van der Waals surface area contributed by atoms with Gasteiger partial charge in [0.2, 0.25) is 5.91 Å². The Balaban J connectivity index is 1.64. The van der Waals surface area contributed by atoms with Gasteiger partial charge in [-0.1, -0.05) is 38.0 Å². The van der Waals surface area contributed by atoms with Crippen molar-refractivity contribution in [1.29, 1.82) is 0 Å². The van der Waals surface area contributed by atoms with E-state index in [-0.39, 0.29) is 17.6 Å². The number of nitro benzene ring substituents is 1. The molecule has 2 aromatic rings. The van der Waals surface area contributed by atoms with Gasteiger partial charge >= 0.3 is 0 Å². The predicted octanol–water partition coefficient (Wildman–Crippen LogP) is 3.46. The first kappa shape index (κ1) is 19.1. The minimum absolute atomic E-state index is 0.0969. The minimum Gasteiger partial charge on any atom is -0.273 e. The number of carbonyl (C=O) groups excluding carboxylic acids is 2. The number of nitrogens with zero attached hydrogens (tertiary/aromatic N) is 3. The molecule has 3 atom stereocenters. The van der Waals surface area contributed by atoms with E-state index in [1.807, 2.05) is 30.3 Å². The fourth-order valence-corrected chi connectivity index (χ4v) is 4.01. The number of para-hydroxylation sites is 1. The summed E-state index contributed by atoms with van der Waals surface area (Å²) in [6.45, 7) is 2.07. The molecule has 0 spiro atoms. The third kappa shape index (κ3) is 3.25. The van der Waals surface area contributed by atoms with E-state index in [4.69, 9.17) is 4.84 Å². The number of rotatable bonds is 6. The van der Waals surface area contributed by atoms with Gasteiger partial charge < -0.3 is 0 Å². The third-order valence-corrected chi connectivity index (χ3v) is 5.42. The van der Waals surface area contributed by atoms with Gasteiger partial charge in [-0.15, -0.1) is 0 Å². The average Bonchev–Trinajstić information content (AvgIpc) is 3.23. The molecule has 0 aromatic heterocycles. The molecule has 29 heavy (non-hydrogen) atoms. The largest absolute Gasteiger partial charge is 0.273 e. The van der Waals surface area contributed by atoms with Gasteiger partial charge in [0.15, 0.2) is 6.10 Å². The number of benzene rings is 2. The number of amides is 2. The summed E-state index contributed by atoms with van der Waals surface area (Å²) in [6.07, 6.45) is 1.70. The van der Waals surface area contributed by atoms with Crippen molar-refractivity contribution in [2.75, 3.05) is 9.96 Å². The summed E-state index contributed by atoms with van der Waals surface area (Å²) in [5.41, 5.74) is 1.04. The molecular formula is C21H21N3O5. The molecule has 0 N–H and O–H groups in total. The number of fused-ring (bicyclic) bond motifs is 1. The summed E-state index contributed by atoms with van der Waals surface area (Å²) in [4.78, 5) is 43.7. The molecule has 2 heterocycles. The van der Waals surface area contributed by atoms with Crippen LogP contribution in [0.3, 0.4) is 0 Å². The first-order valence-electron chi connectivity index (χ1n) is 9.66. The SMILES string of the molecule is CCCC[C@@H]1[C@H]2C(=O)N(c3ccc([N+](=O)[O-])cc3)C(=O)[C@H]2ON1c1ccccc1. The van der Waals surface area contributed by atoms with Crippen LogP contribution in [0.4, 0.5) is 17.1 Å². The van der Waals surface area contributed by atoms with E-state index in [0.29, 0.717) is 5.69 Å². The van der Waals surface area contributed by atoms with E-state index in [1.165, 1.54) is 24.3 Å². The van der Waals surface area contributed by atoms with Crippen molar-refractivity contribution in [2.24, 2.45) is 5.92 Å². The Morgan fingerprint density at radius 1 is 1.00 bits per heavy atom. The lowest BCUT2D eigenvalue weighted by Crippen LogP contribution is -2.40. The zero-order valence-corrected chi connectivity index (χ0v) is 15.9. The maximum absolute atomic E-state index is 13.2. The highest BCUT2D eigenvalue weighted by atomic mass is 16.7. The van der Waals surface area contributed by atoms with Crippen molar-refractivity contribution >= 4 is 28.9 Å². The molecule has 0 radical (unpaired) electrons. The topological polar surface area (TPSA) is 93.0 Å². The van der Waals surface area contributed by atoms with Crippen LogP contribution in [0, 0.1) is 16.0 Å². The fraction of sp³-hybridized carbons (Fsp3) is 0.333. The van der Waals surface area contributed by atoms with E-state index in [2.05, 4.69) is 6.92 Å². The molecule has 2 aliphatic heterocycles. The van der Waals surface area contributed by atoms with Gasteiger partial charge in [-0.3, -0.25) is 24.5 Å². The Kier molecular flexibility index (Phi) is 5.02. The van der Waals surface area contributed by atoms with Crippen molar-refractivity contribution in [3.8, 4) is 0 Å². The van der Waals surface area contributed by atoms with Crippen LogP contribution in [0.1, 0.15) is 26.2 Å². The number of hydroxylamine groups is 1. The normalized spacial score (nSPS) is 23.6. The van der Waals surface area contributed by atoms with Gasteiger partial charge in [-0.05, 0) is 30.7 Å². The van der Waals surface area contributed by atoms with Crippen molar-refractivity contribution in [1.82, 2.24) is 0 Å². The maximum Gasteiger partial charge on any atom is 0.269 e. The highest BCUT2D eigenvalue weighted by molar-refractivity contribution is 6.23. The first-order chi connectivity index (χ1) is 14.0. The summed E-state index contributed by atoms with van der Waals surface area (Å²) < 4.78 is 0. The second kappa shape index (κ2) is 7.63. The summed E-state index contributed by atoms with van der Waals surface area (Å²) in [6, 6.07) is 14.6. The number of carbonyl (C=O) groups is 2. The van der Waals surface area contributed by atoms with Gasteiger partial charge in [0.05, 0.1) is 28.3 Å². The third-order valence-electron chi connectivity index (χ3n) is 5.42. The van der Waals surface area contributed by atoms with Gasteiger partial charge in [0.25, 0.3) is 11.6 Å². The Morgan fingerprint density at radius 2 is 1.69 bits per heavy atom. The minimum atomic E-state index is -0.889. The van der Waals surface area contributed by atoms with Crippen LogP contribution < -0.4 is 9.96 Å². The van der Waals surface area contributed by atoms with Gasteiger partial charge in [-0.25, -0.2) is 9.96 Å². The average molecular weight is 395 g/mol. The lowest BCUT2D eigenvalue weighted by Gasteiger charge is -2.28. The molecule has 0 bridgehead atoms. The molecule has 0 saturated carbocycles. The van der Waals surface area contributed by atoms with Crippen molar-refractivity contribution in [3.05, 3.63) is 64.7 Å². The first-order valence-corrected chi connectivity index (χ1v) is 9.66. The van der Waals surface area contributed by atoms with Crippen LogP contribution in [-0.4, -0.2) is 28.9 Å². The number of non-ortho nitro benzene ring substituents is 1. The van der Waals surface area contributed by atoms with Crippen molar-refractivity contribution < 1.29 is 19.3 Å². The van der Waals surface area contributed by atoms with Crippen LogP contribution in [0.15, 0.2) is 54.6 Å². The standard InChI is InChI=1S/C21H21N3O5/c1-2-3-9-17-18-19(29-23(17)15-7-5-4-6-8-15)21(26)22(20(18)25)14-10-12-16(13-11-14)24(27)28/h4-8,10-13,17-19H,2-3,9H2,1H3/t17-,18-,19+/m1/s1. The molecule has 150 valence electrons. The highest BCUT2D eigenvalue weighted by Gasteiger charge is 2.59. The molecule has 2 fully saturated rings. The highest BCUT2D eigenvalue weighted by Crippen LogP contribution is 2.42. The molecule has 2 aliphatic rings. The molecule has 8 heteroatoms. The maximum atomic E-state index is 13.2. The molecule has 4 rings (SSSR count). The smallest absolute Gasteiger partial charge is 0.269 e. The number of unbranched alkanes of at least 4 members (excludes halogenated alkanes) is 1. The number of hydrogen-bond donors (Lipinski definition) is 0. The monoisotopic (exact) mass is 395 g/mol. The number of hydrogen-bond acceptors (Lipinski definition) is 6. The second-order valence-corrected chi connectivity index (χ2v) is 7.21. The lowest BCUT2D eigenvalue weighted by atomic mass is 9.92. The van der Waals surface area contributed by atoms with E-state index in [0.717, 1.165) is 29.8 Å². The van der Waals surface area contributed by atoms with Crippen molar-refractivity contribution in [2.45, 2.75) is 38.3 Å². The quantitative estimate of drug-likeness (QED) is 0.422. The van der Waals surface area contributed by atoms with Crippen LogP contribution in [-0.2, 0) is 14.4 Å². The van der Waals surface area contributed by atoms with E-state index >= 15 is 0 Å². The van der Waals surface area contributed by atoms with Crippen LogP contribution >= 0.6 is 0 Å². The Hall–Kier alpha value is -3.26. The summed E-state index contributed by atoms with van der Waals surface area (Å²) >= 11 is 0. The molecule has 0 unspecified atom stereocenters. The van der Waals surface area contributed by atoms with E-state index in [1.54, 1.807) is 5.06 Å². The van der Waals surface area contributed by atoms with E-state index < -0.39 is 22.9 Å². The molecule has 8 nitrogen and oxygen atoms in total. The predicted molar refractivity (Wildman–Crippen MR) is 106 cm³/mol. The number of nitro groups is 1. The zero-order chi connectivity index (χ0) is 20.5. The van der Waals surface area contributed by atoms with E-state index in [9.17, 15) is 19.7 Å². The van der Waals surface area contributed by atoms with Gasteiger partial charge in [-0.2, -0.15) is 0 Å². The Morgan fingerprint density at radius 3 is 2.31 bits per heavy atom. The Bertz CT molecular complexity index is 931. The fourth-order valence-electron chi connectivity index (χ4n) is 4.01. The zero-order valence-electron chi connectivity index (χ0n) is 15.9. The lowest BCUT2D eigenvalue weighted by molar-refractivity contribution is -0.384. The number of imide groups is 1. The molecule has 0 aliphatic carbocycles. The molecule has 2 aromatic carbocycles. The Labute approximate surface area is 167 Å². The van der Waals surface area contributed by atoms with Gasteiger partial charge in [0, 0.05) is 12.1 Å².